The number of aliphatic hydroxyl groups is 1. The van der Waals surface area contributed by atoms with Gasteiger partial charge in [-0.3, -0.25) is 0 Å². The maximum atomic E-state index is 10.3. The molecule has 168 valence electrons. The Balaban J connectivity index is 1.41. The first-order valence-corrected chi connectivity index (χ1v) is 12.9. The molecule has 2 heterocycles. The van der Waals surface area contributed by atoms with Crippen LogP contribution in [0.25, 0.3) is 0 Å². The molecule has 3 aliphatic carbocycles. The molecule has 2 nitrogen and oxygen atoms in total. The Labute approximate surface area is 184 Å². The van der Waals surface area contributed by atoms with Crippen molar-refractivity contribution in [1.29, 1.82) is 0 Å². The minimum absolute atomic E-state index is 0.0211. The fourth-order valence-electron chi connectivity index (χ4n) is 8.67. The number of fused-ring (bicyclic) bond motifs is 5. The minimum Gasteiger partial charge on any atom is -0.393 e. The molecule has 5 aliphatic rings. The van der Waals surface area contributed by atoms with Gasteiger partial charge in [0, 0.05) is 5.41 Å². The van der Waals surface area contributed by atoms with Crippen LogP contribution in [0.1, 0.15) is 86.5 Å². The highest BCUT2D eigenvalue weighted by molar-refractivity contribution is 5.42. The van der Waals surface area contributed by atoms with Crippen LogP contribution in [0.5, 0.6) is 0 Å². The molecule has 0 aromatic rings. The van der Waals surface area contributed by atoms with Crippen molar-refractivity contribution in [1.82, 2.24) is 0 Å². The third-order valence-corrected chi connectivity index (χ3v) is 11.0. The van der Waals surface area contributed by atoms with Gasteiger partial charge in [-0.05, 0) is 91.4 Å². The van der Waals surface area contributed by atoms with E-state index in [1.54, 1.807) is 5.57 Å². The highest BCUT2D eigenvalue weighted by atomic mass is 16.5. The molecule has 2 heteroatoms. The number of aliphatic hydroxyl groups excluding tert-OH is 1. The molecule has 5 rings (SSSR count). The fourth-order valence-corrected chi connectivity index (χ4v) is 8.67. The van der Waals surface area contributed by atoms with E-state index in [9.17, 15) is 5.11 Å². The second kappa shape index (κ2) is 6.95. The van der Waals surface area contributed by atoms with E-state index in [-0.39, 0.29) is 23.2 Å². The van der Waals surface area contributed by atoms with Gasteiger partial charge >= 0.3 is 0 Å². The van der Waals surface area contributed by atoms with E-state index >= 15 is 0 Å². The Bertz CT molecular complexity index is 752. The lowest BCUT2D eigenvalue weighted by molar-refractivity contribution is -0.0905. The number of allylic oxidation sites excluding steroid dienone is 2. The summed E-state index contributed by atoms with van der Waals surface area (Å²) in [7, 11) is 0. The summed E-state index contributed by atoms with van der Waals surface area (Å²) in [6.07, 6.45) is 15.9. The second-order valence-corrected chi connectivity index (χ2v) is 12.6. The van der Waals surface area contributed by atoms with Crippen LogP contribution in [0, 0.1) is 46.3 Å². The second-order valence-electron chi connectivity index (χ2n) is 12.6. The Hall–Kier alpha value is -0.600. The van der Waals surface area contributed by atoms with Crippen LogP contribution in [-0.2, 0) is 4.74 Å². The lowest BCUT2D eigenvalue weighted by Crippen LogP contribution is -2.57. The highest BCUT2D eigenvalue weighted by Gasteiger charge is 2.72. The van der Waals surface area contributed by atoms with E-state index in [0.29, 0.717) is 35.0 Å². The van der Waals surface area contributed by atoms with Gasteiger partial charge in [-0.15, -0.1) is 0 Å². The standard InChI is InChI=1S/C28H44O2/c1-17(2)18(3)7-8-19(4)21-9-10-22-23-16-25-24-15-20(29)11-12-27(24,6)28(23,30-25)14-13-26(21,22)5/h7-8,16-22,24-25,29H,9-15H2,1-6H3/b8-7+/t18-,19+,20-,21-,22-,24+,25-,26-,27-,28+/m0/s1. The van der Waals surface area contributed by atoms with Crippen LogP contribution in [0.2, 0.25) is 0 Å². The van der Waals surface area contributed by atoms with E-state index in [1.807, 2.05) is 0 Å². The molecule has 0 amide bonds. The number of hydrogen-bond acceptors (Lipinski definition) is 2. The van der Waals surface area contributed by atoms with Crippen molar-refractivity contribution in [2.75, 3.05) is 0 Å². The first-order chi connectivity index (χ1) is 14.1. The van der Waals surface area contributed by atoms with E-state index in [2.05, 4.69) is 59.8 Å². The lowest BCUT2D eigenvalue weighted by Gasteiger charge is -2.57. The van der Waals surface area contributed by atoms with Crippen molar-refractivity contribution in [3.05, 3.63) is 23.8 Å². The lowest BCUT2D eigenvalue weighted by atomic mass is 9.47. The molecule has 4 fully saturated rings. The van der Waals surface area contributed by atoms with Crippen LogP contribution in [0.3, 0.4) is 0 Å². The first kappa shape index (κ1) is 21.3. The van der Waals surface area contributed by atoms with Gasteiger partial charge in [0.1, 0.15) is 0 Å². The maximum absolute atomic E-state index is 10.3. The third kappa shape index (κ3) is 2.68. The van der Waals surface area contributed by atoms with Crippen LogP contribution in [-0.4, -0.2) is 22.9 Å². The largest absolute Gasteiger partial charge is 0.393 e. The van der Waals surface area contributed by atoms with Crippen LogP contribution >= 0.6 is 0 Å². The monoisotopic (exact) mass is 412 g/mol. The molecule has 2 aliphatic heterocycles. The molecule has 1 saturated heterocycles. The molecule has 10 atom stereocenters. The van der Waals surface area contributed by atoms with Gasteiger partial charge in [0.15, 0.2) is 0 Å². The van der Waals surface area contributed by atoms with Gasteiger partial charge in [-0.25, -0.2) is 0 Å². The van der Waals surface area contributed by atoms with Crippen LogP contribution < -0.4 is 0 Å². The summed E-state index contributed by atoms with van der Waals surface area (Å²) < 4.78 is 6.90. The predicted molar refractivity (Wildman–Crippen MR) is 123 cm³/mol. The summed E-state index contributed by atoms with van der Waals surface area (Å²) in [6, 6.07) is 0. The smallest absolute Gasteiger partial charge is 0.0960 e. The van der Waals surface area contributed by atoms with E-state index < -0.39 is 0 Å². The predicted octanol–water partition coefficient (Wildman–Crippen LogP) is 6.54. The Kier molecular flexibility index (Phi) is 4.92. The van der Waals surface area contributed by atoms with Gasteiger partial charge in [-0.1, -0.05) is 59.8 Å². The topological polar surface area (TPSA) is 29.5 Å². The Morgan fingerprint density at radius 1 is 1.03 bits per heavy atom. The normalized spacial score (nSPS) is 51.6. The molecule has 0 unspecified atom stereocenters. The van der Waals surface area contributed by atoms with Crippen molar-refractivity contribution < 1.29 is 9.84 Å². The summed E-state index contributed by atoms with van der Waals surface area (Å²) in [5.41, 5.74) is 2.31. The number of ether oxygens (including phenoxy) is 1. The Morgan fingerprint density at radius 2 is 1.80 bits per heavy atom. The molecule has 0 aromatic heterocycles. The van der Waals surface area contributed by atoms with Crippen molar-refractivity contribution in [3.63, 3.8) is 0 Å². The first-order valence-electron chi connectivity index (χ1n) is 12.9. The zero-order chi connectivity index (χ0) is 21.5. The van der Waals surface area contributed by atoms with Crippen molar-refractivity contribution >= 4 is 0 Å². The van der Waals surface area contributed by atoms with Gasteiger partial charge in [0.05, 0.1) is 17.8 Å². The van der Waals surface area contributed by atoms with Gasteiger partial charge < -0.3 is 9.84 Å². The van der Waals surface area contributed by atoms with Crippen LogP contribution in [0.15, 0.2) is 23.8 Å². The van der Waals surface area contributed by atoms with Gasteiger partial charge in [-0.2, -0.15) is 0 Å². The molecule has 1 N–H and O–H groups in total. The zero-order valence-electron chi connectivity index (χ0n) is 20.2. The number of rotatable bonds is 4. The highest BCUT2D eigenvalue weighted by Crippen LogP contribution is 2.73. The molecule has 0 radical (unpaired) electrons. The van der Waals surface area contributed by atoms with Crippen molar-refractivity contribution in [3.8, 4) is 0 Å². The van der Waals surface area contributed by atoms with Crippen LogP contribution in [0.4, 0.5) is 0 Å². The summed E-state index contributed by atoms with van der Waals surface area (Å²) in [5.74, 6) is 4.03. The fraction of sp³-hybridized carbons (Fsp3) is 0.857. The van der Waals surface area contributed by atoms with E-state index in [1.165, 1.54) is 25.7 Å². The Morgan fingerprint density at radius 3 is 2.53 bits per heavy atom. The van der Waals surface area contributed by atoms with Gasteiger partial charge in [0.2, 0.25) is 0 Å². The van der Waals surface area contributed by atoms with Crippen molar-refractivity contribution in [2.24, 2.45) is 46.3 Å². The average Bonchev–Trinajstić information content (AvgIpc) is 3.32. The SMILES string of the molecule is CC(C)[C@@H](C)/C=C/[C@@H](C)[C@@H]1CC[C@H]2C3=C[C@@H]4O[C@@]3(CC[C@]21C)[C@@]1(C)CC[C@H](O)C[C@H]41. The molecule has 2 bridgehead atoms. The molecule has 3 saturated carbocycles. The zero-order valence-corrected chi connectivity index (χ0v) is 20.2. The molecular weight excluding hydrogens is 368 g/mol. The van der Waals surface area contributed by atoms with E-state index in [0.717, 1.165) is 25.2 Å². The minimum atomic E-state index is -0.121. The molecular formula is C28H44O2. The summed E-state index contributed by atoms with van der Waals surface area (Å²) in [4.78, 5) is 0. The van der Waals surface area contributed by atoms with E-state index in [4.69, 9.17) is 4.74 Å². The summed E-state index contributed by atoms with van der Waals surface area (Å²) in [6.45, 7) is 14.6. The summed E-state index contributed by atoms with van der Waals surface area (Å²) >= 11 is 0. The molecule has 30 heavy (non-hydrogen) atoms. The number of hydrogen-bond donors (Lipinski definition) is 1. The van der Waals surface area contributed by atoms with Gasteiger partial charge in [0.25, 0.3) is 0 Å². The van der Waals surface area contributed by atoms with Crippen molar-refractivity contribution in [2.45, 2.75) is 104 Å². The molecule has 0 aromatic carbocycles. The third-order valence-electron chi connectivity index (χ3n) is 11.0. The summed E-state index contributed by atoms with van der Waals surface area (Å²) in [5, 5.41) is 10.3. The quantitative estimate of drug-likeness (QED) is 0.531. The maximum Gasteiger partial charge on any atom is 0.0960 e. The molecule has 1 spiro atoms. The average molecular weight is 413 g/mol.